The maximum absolute atomic E-state index is 12.3. The predicted molar refractivity (Wildman–Crippen MR) is 96.0 cm³/mol. The molecule has 1 N–H and O–H groups in total. The van der Waals surface area contributed by atoms with Crippen LogP contribution in [0.25, 0.3) is 0 Å². The topological polar surface area (TPSA) is 63.8 Å². The molecule has 2 aromatic carbocycles. The molecule has 5 nitrogen and oxygen atoms in total. The highest BCUT2D eigenvalue weighted by Gasteiger charge is 2.11. The number of hydrogen-bond acceptors (Lipinski definition) is 4. The second kappa shape index (κ2) is 8.17. The molecule has 0 radical (unpaired) electrons. The number of para-hydroxylation sites is 1. The lowest BCUT2D eigenvalue weighted by Gasteiger charge is -2.10. The fraction of sp³-hybridized carbons (Fsp3) is 0.0526. The number of amides is 1. The predicted octanol–water partition coefficient (Wildman–Crippen LogP) is 4.28. The summed E-state index contributed by atoms with van der Waals surface area (Å²) in [5.74, 6) is 0.658. The summed E-state index contributed by atoms with van der Waals surface area (Å²) in [5.41, 5.74) is 3.81. The third-order valence-corrected chi connectivity index (χ3v) is 3.59. The van der Waals surface area contributed by atoms with Gasteiger partial charge in [-0.1, -0.05) is 35.9 Å². The molecule has 6 heteroatoms. The van der Waals surface area contributed by atoms with Crippen LogP contribution >= 0.6 is 11.6 Å². The van der Waals surface area contributed by atoms with E-state index in [2.05, 4.69) is 10.5 Å². The zero-order chi connectivity index (χ0) is 17.5. The van der Waals surface area contributed by atoms with E-state index in [0.717, 1.165) is 5.56 Å². The second-order valence-electron chi connectivity index (χ2n) is 5.13. The summed E-state index contributed by atoms with van der Waals surface area (Å²) in [6, 6.07) is 17.8. The Morgan fingerprint density at radius 2 is 1.92 bits per heavy atom. The Balaban J connectivity index is 1.65. The van der Waals surface area contributed by atoms with E-state index >= 15 is 0 Å². The first-order valence-corrected chi connectivity index (χ1v) is 7.93. The summed E-state index contributed by atoms with van der Waals surface area (Å²) < 4.78 is 10.9. The third kappa shape index (κ3) is 4.71. The van der Waals surface area contributed by atoms with Crippen molar-refractivity contribution in [1.82, 2.24) is 5.43 Å². The monoisotopic (exact) mass is 354 g/mol. The van der Waals surface area contributed by atoms with Gasteiger partial charge in [0.1, 0.15) is 18.1 Å². The first kappa shape index (κ1) is 16.8. The molecule has 0 aliphatic rings. The van der Waals surface area contributed by atoms with Crippen LogP contribution in [0.1, 0.15) is 21.7 Å². The van der Waals surface area contributed by atoms with Crippen molar-refractivity contribution < 1.29 is 13.9 Å². The molecule has 0 unspecified atom stereocenters. The molecule has 0 atom stereocenters. The fourth-order valence-electron chi connectivity index (χ4n) is 2.10. The van der Waals surface area contributed by atoms with Gasteiger partial charge in [-0.25, -0.2) is 5.43 Å². The van der Waals surface area contributed by atoms with Crippen molar-refractivity contribution >= 4 is 23.7 Å². The molecule has 0 saturated carbocycles. The van der Waals surface area contributed by atoms with Gasteiger partial charge >= 0.3 is 0 Å². The van der Waals surface area contributed by atoms with E-state index in [9.17, 15) is 4.79 Å². The van der Waals surface area contributed by atoms with Gasteiger partial charge in [-0.2, -0.15) is 5.10 Å². The molecule has 3 rings (SSSR count). The van der Waals surface area contributed by atoms with Crippen LogP contribution in [0.4, 0.5) is 0 Å². The van der Waals surface area contributed by atoms with Crippen molar-refractivity contribution in [3.8, 4) is 5.75 Å². The minimum atomic E-state index is -0.366. The van der Waals surface area contributed by atoms with Crippen molar-refractivity contribution in [2.75, 3.05) is 0 Å². The van der Waals surface area contributed by atoms with Gasteiger partial charge in [0.05, 0.1) is 18.0 Å². The van der Waals surface area contributed by atoms with E-state index < -0.39 is 0 Å². The molecule has 3 aromatic rings. The first-order valence-electron chi connectivity index (χ1n) is 7.55. The van der Waals surface area contributed by atoms with E-state index in [1.807, 2.05) is 12.1 Å². The number of ether oxygens (including phenoxy) is 1. The lowest BCUT2D eigenvalue weighted by atomic mass is 10.2. The zero-order valence-electron chi connectivity index (χ0n) is 13.2. The van der Waals surface area contributed by atoms with Crippen molar-refractivity contribution in [2.24, 2.45) is 5.10 Å². The summed E-state index contributed by atoms with van der Waals surface area (Å²) >= 11 is 5.87. The van der Waals surface area contributed by atoms with Crippen molar-refractivity contribution in [3.05, 3.63) is 88.8 Å². The summed E-state index contributed by atoms with van der Waals surface area (Å²) in [4.78, 5) is 12.3. The van der Waals surface area contributed by atoms with E-state index in [0.29, 0.717) is 28.7 Å². The number of halogens is 1. The number of carbonyl (C=O) groups excluding carboxylic acids is 1. The van der Waals surface area contributed by atoms with Gasteiger partial charge in [-0.05, 0) is 42.0 Å². The Kier molecular flexibility index (Phi) is 5.49. The Morgan fingerprint density at radius 3 is 2.68 bits per heavy atom. The minimum Gasteiger partial charge on any atom is -0.488 e. The highest BCUT2D eigenvalue weighted by atomic mass is 35.5. The second-order valence-corrected chi connectivity index (χ2v) is 5.56. The molecule has 1 amide bonds. The van der Waals surface area contributed by atoms with Gasteiger partial charge in [0.25, 0.3) is 5.91 Å². The van der Waals surface area contributed by atoms with Crippen LogP contribution in [0.15, 0.2) is 76.4 Å². The molecule has 0 fully saturated rings. The van der Waals surface area contributed by atoms with E-state index in [-0.39, 0.29) is 5.91 Å². The van der Waals surface area contributed by atoms with Crippen molar-refractivity contribution in [2.45, 2.75) is 6.61 Å². The molecule has 0 aliphatic carbocycles. The Hall–Kier alpha value is -3.05. The smallest absolute Gasteiger partial charge is 0.275 e. The summed E-state index contributed by atoms with van der Waals surface area (Å²) in [6.45, 7) is 0.330. The molecule has 1 aromatic heterocycles. The summed E-state index contributed by atoms with van der Waals surface area (Å²) in [5, 5.41) is 4.54. The summed E-state index contributed by atoms with van der Waals surface area (Å²) in [7, 11) is 0. The van der Waals surface area contributed by atoms with Gasteiger partial charge in [0.2, 0.25) is 0 Å². The highest BCUT2D eigenvalue weighted by molar-refractivity contribution is 6.30. The molecule has 0 saturated heterocycles. The number of rotatable bonds is 6. The van der Waals surface area contributed by atoms with Crippen LogP contribution in [-0.4, -0.2) is 12.1 Å². The summed E-state index contributed by atoms with van der Waals surface area (Å²) in [6.07, 6.45) is 2.96. The van der Waals surface area contributed by atoms with Gasteiger partial charge in [-0.15, -0.1) is 0 Å². The Morgan fingerprint density at radius 1 is 1.12 bits per heavy atom. The van der Waals surface area contributed by atoms with Crippen molar-refractivity contribution in [1.29, 1.82) is 0 Å². The van der Waals surface area contributed by atoms with Gasteiger partial charge in [0, 0.05) is 5.02 Å². The number of carbonyl (C=O) groups is 1. The average Bonchev–Trinajstić information content (AvgIpc) is 3.15. The number of hydrogen-bond donors (Lipinski definition) is 1. The molecule has 0 aliphatic heterocycles. The molecule has 25 heavy (non-hydrogen) atoms. The lowest BCUT2D eigenvalue weighted by Crippen LogP contribution is -2.18. The van der Waals surface area contributed by atoms with Gasteiger partial charge in [-0.3, -0.25) is 4.79 Å². The highest BCUT2D eigenvalue weighted by Crippen LogP contribution is 2.20. The van der Waals surface area contributed by atoms with Crippen LogP contribution in [0, 0.1) is 0 Å². The number of benzene rings is 2. The number of nitrogens with zero attached hydrogens (tertiary/aromatic N) is 1. The van der Waals surface area contributed by atoms with Crippen LogP contribution < -0.4 is 10.2 Å². The van der Waals surface area contributed by atoms with E-state index in [1.54, 1.807) is 48.5 Å². The first-order chi connectivity index (χ1) is 12.2. The van der Waals surface area contributed by atoms with Crippen LogP contribution in [0.5, 0.6) is 5.75 Å². The molecular weight excluding hydrogens is 340 g/mol. The van der Waals surface area contributed by atoms with E-state index in [1.165, 1.54) is 12.5 Å². The molecule has 0 spiro atoms. The lowest BCUT2D eigenvalue weighted by molar-refractivity contribution is 0.0950. The van der Waals surface area contributed by atoms with Gasteiger partial charge < -0.3 is 9.15 Å². The normalized spacial score (nSPS) is 10.8. The molecular formula is C19H15ClN2O3. The van der Waals surface area contributed by atoms with Gasteiger partial charge in [0.15, 0.2) is 0 Å². The van der Waals surface area contributed by atoms with Crippen molar-refractivity contribution in [3.63, 3.8) is 0 Å². The standard InChI is InChI=1S/C19H15ClN2O3/c20-15-9-7-14(8-10-15)13-25-18-6-2-1-5-17(18)19(23)22-21-12-16-4-3-11-24-16/h1-12H,13H2,(H,22,23)/b21-12-. The SMILES string of the molecule is O=C(N/N=C\c1ccco1)c1ccccc1OCc1ccc(Cl)cc1. The van der Waals surface area contributed by atoms with Crippen LogP contribution in [-0.2, 0) is 6.61 Å². The Labute approximate surface area is 149 Å². The van der Waals surface area contributed by atoms with Crippen LogP contribution in [0.3, 0.4) is 0 Å². The average molecular weight is 355 g/mol. The maximum Gasteiger partial charge on any atom is 0.275 e. The van der Waals surface area contributed by atoms with E-state index in [4.69, 9.17) is 20.8 Å². The number of hydrazone groups is 1. The maximum atomic E-state index is 12.3. The third-order valence-electron chi connectivity index (χ3n) is 3.34. The Bertz CT molecular complexity index is 859. The zero-order valence-corrected chi connectivity index (χ0v) is 13.9. The number of nitrogens with one attached hydrogen (secondary N) is 1. The molecule has 126 valence electrons. The quantitative estimate of drug-likeness (QED) is 0.531. The minimum absolute atomic E-state index is 0.330. The van der Waals surface area contributed by atoms with Crippen LogP contribution in [0.2, 0.25) is 5.02 Å². The number of furan rings is 1. The molecule has 0 bridgehead atoms. The largest absolute Gasteiger partial charge is 0.488 e. The molecule has 1 heterocycles. The fourth-order valence-corrected chi connectivity index (χ4v) is 2.23.